The number of anilines is 1. The molecule has 0 fully saturated rings. The molecule has 0 aromatic heterocycles. The second-order valence-electron chi connectivity index (χ2n) is 6.45. The van der Waals surface area contributed by atoms with Crippen molar-refractivity contribution in [2.24, 2.45) is 5.92 Å². The molecule has 7 heteroatoms. The lowest BCUT2D eigenvalue weighted by molar-refractivity contribution is -0.122. The summed E-state index contributed by atoms with van der Waals surface area (Å²) in [7, 11) is -2.20. The first-order valence-electron chi connectivity index (χ1n) is 7.93. The van der Waals surface area contributed by atoms with Crippen molar-refractivity contribution in [3.63, 3.8) is 0 Å². The highest BCUT2D eigenvalue weighted by Gasteiger charge is 2.32. The molecule has 1 amide bonds. The topological polar surface area (TPSA) is 75.7 Å². The number of benzene rings is 1. The maximum atomic E-state index is 12.5. The Morgan fingerprint density at radius 2 is 1.79 bits per heavy atom. The molecular formula is C17H28N2O4S. The van der Waals surface area contributed by atoms with Crippen LogP contribution in [-0.2, 0) is 14.8 Å². The summed E-state index contributed by atoms with van der Waals surface area (Å²) in [4.78, 5) is 12.5. The summed E-state index contributed by atoms with van der Waals surface area (Å²) in [5, 5.41) is 2.87. The van der Waals surface area contributed by atoms with Crippen LogP contribution in [0.2, 0.25) is 0 Å². The van der Waals surface area contributed by atoms with Crippen molar-refractivity contribution in [3.05, 3.63) is 23.8 Å². The minimum atomic E-state index is -3.68. The molecule has 0 saturated heterocycles. The van der Waals surface area contributed by atoms with Gasteiger partial charge in [-0.05, 0) is 44.4 Å². The van der Waals surface area contributed by atoms with Gasteiger partial charge >= 0.3 is 0 Å². The fourth-order valence-corrected chi connectivity index (χ4v) is 3.44. The summed E-state index contributed by atoms with van der Waals surface area (Å²) in [6, 6.07) is 4.28. The molecule has 1 N–H and O–H groups in total. The SMILES string of the molecule is COc1ccc(C)cc1N([C@@H](C)C(=O)N[C@@H](C)C(C)C)S(C)(=O)=O. The maximum Gasteiger partial charge on any atom is 0.243 e. The predicted octanol–water partition coefficient (Wildman–Crippen LogP) is 2.32. The quantitative estimate of drug-likeness (QED) is 0.813. The largest absolute Gasteiger partial charge is 0.495 e. The third-order valence-electron chi connectivity index (χ3n) is 4.03. The van der Waals surface area contributed by atoms with Crippen LogP contribution >= 0.6 is 0 Å². The molecule has 1 rings (SSSR count). The van der Waals surface area contributed by atoms with Gasteiger partial charge < -0.3 is 10.1 Å². The normalized spacial score (nSPS) is 14.2. The summed E-state index contributed by atoms with van der Waals surface area (Å²) >= 11 is 0. The number of sulfonamides is 1. The van der Waals surface area contributed by atoms with Gasteiger partial charge in [-0.3, -0.25) is 9.10 Å². The zero-order valence-corrected chi connectivity index (χ0v) is 16.3. The molecule has 0 bridgehead atoms. The molecule has 0 spiro atoms. The van der Waals surface area contributed by atoms with Gasteiger partial charge in [0.25, 0.3) is 0 Å². The third-order valence-corrected chi connectivity index (χ3v) is 5.26. The monoisotopic (exact) mass is 356 g/mol. The Morgan fingerprint density at radius 1 is 1.21 bits per heavy atom. The maximum absolute atomic E-state index is 12.5. The van der Waals surface area contributed by atoms with E-state index >= 15 is 0 Å². The third kappa shape index (κ3) is 4.87. The van der Waals surface area contributed by atoms with E-state index in [9.17, 15) is 13.2 Å². The van der Waals surface area contributed by atoms with E-state index in [4.69, 9.17) is 4.74 Å². The van der Waals surface area contributed by atoms with E-state index in [0.29, 0.717) is 11.4 Å². The van der Waals surface area contributed by atoms with E-state index in [0.717, 1.165) is 16.1 Å². The smallest absolute Gasteiger partial charge is 0.243 e. The number of nitrogens with zero attached hydrogens (tertiary/aromatic N) is 1. The van der Waals surface area contributed by atoms with Crippen molar-refractivity contribution in [1.82, 2.24) is 5.32 Å². The van der Waals surface area contributed by atoms with Crippen molar-refractivity contribution in [1.29, 1.82) is 0 Å². The highest BCUT2D eigenvalue weighted by molar-refractivity contribution is 7.92. The van der Waals surface area contributed by atoms with Crippen molar-refractivity contribution in [3.8, 4) is 5.75 Å². The molecule has 0 aliphatic rings. The van der Waals surface area contributed by atoms with Crippen LogP contribution < -0.4 is 14.4 Å². The lowest BCUT2D eigenvalue weighted by atomic mass is 10.1. The summed E-state index contributed by atoms with van der Waals surface area (Å²) in [5.74, 6) is 0.314. The van der Waals surface area contributed by atoms with Crippen molar-refractivity contribution in [2.45, 2.75) is 46.7 Å². The number of rotatable bonds is 7. The average molecular weight is 356 g/mol. The first-order valence-corrected chi connectivity index (χ1v) is 9.78. The lowest BCUT2D eigenvalue weighted by Gasteiger charge is -2.31. The Balaban J connectivity index is 3.29. The van der Waals surface area contributed by atoms with Crippen molar-refractivity contribution in [2.75, 3.05) is 17.7 Å². The van der Waals surface area contributed by atoms with Crippen LogP contribution in [0.25, 0.3) is 0 Å². The van der Waals surface area contributed by atoms with Crippen molar-refractivity contribution >= 4 is 21.6 Å². The van der Waals surface area contributed by atoms with Crippen LogP contribution in [0.15, 0.2) is 18.2 Å². The van der Waals surface area contributed by atoms with Gasteiger partial charge in [-0.2, -0.15) is 0 Å². The van der Waals surface area contributed by atoms with Crippen LogP contribution in [-0.4, -0.2) is 39.8 Å². The standard InChI is InChI=1S/C17H28N2O4S/c1-11(2)13(4)18-17(20)14(5)19(24(7,21)22)15-10-12(3)8-9-16(15)23-6/h8-11,13-14H,1-7H3,(H,18,20)/t13-,14-/m0/s1. The number of hydrogen-bond donors (Lipinski definition) is 1. The fourth-order valence-electron chi connectivity index (χ4n) is 2.26. The van der Waals surface area contributed by atoms with Gasteiger partial charge in [0.05, 0.1) is 19.1 Å². The molecule has 136 valence electrons. The molecule has 0 aliphatic carbocycles. The highest BCUT2D eigenvalue weighted by atomic mass is 32.2. The van der Waals surface area contributed by atoms with E-state index in [1.807, 2.05) is 33.8 Å². The minimum absolute atomic E-state index is 0.0548. The summed E-state index contributed by atoms with van der Waals surface area (Å²) in [6.45, 7) is 9.31. The van der Waals surface area contributed by atoms with Gasteiger partial charge in [0.15, 0.2) is 0 Å². The average Bonchev–Trinajstić information content (AvgIpc) is 2.45. The molecule has 24 heavy (non-hydrogen) atoms. The summed E-state index contributed by atoms with van der Waals surface area (Å²) < 4.78 is 31.1. The number of amides is 1. The van der Waals surface area contributed by atoms with Crippen molar-refractivity contribution < 1.29 is 17.9 Å². The van der Waals surface area contributed by atoms with E-state index in [1.165, 1.54) is 7.11 Å². The minimum Gasteiger partial charge on any atom is -0.495 e. The fraction of sp³-hybridized carbons (Fsp3) is 0.588. The molecule has 1 aromatic rings. The molecule has 6 nitrogen and oxygen atoms in total. The number of ether oxygens (including phenoxy) is 1. The van der Waals surface area contributed by atoms with Crippen LogP contribution in [0, 0.1) is 12.8 Å². The highest BCUT2D eigenvalue weighted by Crippen LogP contribution is 2.32. The van der Waals surface area contributed by atoms with Gasteiger partial charge in [0, 0.05) is 6.04 Å². The summed E-state index contributed by atoms with van der Waals surface area (Å²) in [6.07, 6.45) is 1.09. The van der Waals surface area contributed by atoms with Crippen LogP contribution in [0.5, 0.6) is 5.75 Å². The van der Waals surface area contributed by atoms with Gasteiger partial charge in [0.1, 0.15) is 11.8 Å². The van der Waals surface area contributed by atoms with Crippen LogP contribution in [0.3, 0.4) is 0 Å². The zero-order chi connectivity index (χ0) is 18.7. The second-order valence-corrected chi connectivity index (χ2v) is 8.31. The first kappa shape index (κ1) is 20.3. The lowest BCUT2D eigenvalue weighted by Crippen LogP contribution is -2.50. The van der Waals surface area contributed by atoms with Gasteiger partial charge in [-0.1, -0.05) is 19.9 Å². The Labute approximate surface area is 145 Å². The van der Waals surface area contributed by atoms with Gasteiger partial charge in [-0.25, -0.2) is 8.42 Å². The number of carbonyl (C=O) groups excluding carboxylic acids is 1. The summed E-state index contributed by atoms with van der Waals surface area (Å²) in [5.41, 5.74) is 1.24. The van der Waals surface area contributed by atoms with Crippen LogP contribution in [0.4, 0.5) is 5.69 Å². The Kier molecular flexibility index (Phi) is 6.66. The molecular weight excluding hydrogens is 328 g/mol. The Morgan fingerprint density at radius 3 is 2.25 bits per heavy atom. The van der Waals surface area contributed by atoms with E-state index in [1.54, 1.807) is 19.1 Å². The number of aryl methyl sites for hydroxylation is 1. The molecule has 0 heterocycles. The number of hydrogen-bond acceptors (Lipinski definition) is 4. The number of methoxy groups -OCH3 is 1. The molecule has 1 aromatic carbocycles. The molecule has 0 saturated carbocycles. The molecule has 0 unspecified atom stereocenters. The Bertz CT molecular complexity index is 686. The number of nitrogens with one attached hydrogen (secondary N) is 1. The predicted molar refractivity (Wildman–Crippen MR) is 97.0 cm³/mol. The second kappa shape index (κ2) is 7.88. The van der Waals surface area contributed by atoms with Gasteiger partial charge in [-0.15, -0.1) is 0 Å². The molecule has 2 atom stereocenters. The Hall–Kier alpha value is -1.76. The molecule has 0 aliphatic heterocycles. The molecule has 0 radical (unpaired) electrons. The number of carbonyl (C=O) groups is 1. The van der Waals surface area contributed by atoms with Crippen LogP contribution in [0.1, 0.15) is 33.3 Å². The first-order chi connectivity index (χ1) is 11.0. The zero-order valence-electron chi connectivity index (χ0n) is 15.5. The van der Waals surface area contributed by atoms with E-state index in [-0.39, 0.29) is 17.9 Å². The van der Waals surface area contributed by atoms with E-state index < -0.39 is 16.1 Å². The van der Waals surface area contributed by atoms with Gasteiger partial charge in [0.2, 0.25) is 15.9 Å². The van der Waals surface area contributed by atoms with E-state index in [2.05, 4.69) is 5.32 Å².